The second-order valence-electron chi connectivity index (χ2n) is 5.12. The van der Waals surface area contributed by atoms with Gasteiger partial charge in [0.2, 0.25) is 0 Å². The number of nitrogens with zero attached hydrogens (tertiary/aromatic N) is 5. The summed E-state index contributed by atoms with van der Waals surface area (Å²) in [6, 6.07) is 7.35. The van der Waals surface area contributed by atoms with E-state index in [1.807, 2.05) is 18.2 Å². The molecule has 0 atom stereocenters. The topological polar surface area (TPSA) is 101 Å². The lowest BCUT2D eigenvalue weighted by atomic mass is 10.2. The Kier molecular flexibility index (Phi) is 3.00. The quantitative estimate of drug-likeness (QED) is 0.593. The normalized spacial score (nSPS) is 11.2. The number of aryl methyl sites for hydroxylation is 1. The molecule has 0 aliphatic carbocycles. The fourth-order valence-corrected chi connectivity index (χ4v) is 2.58. The number of amides is 1. The largest absolute Gasteiger partial charge is 0.346 e. The Morgan fingerprint density at radius 2 is 2.17 bits per heavy atom. The number of rotatable bonds is 3. The van der Waals surface area contributed by atoms with Crippen molar-refractivity contribution < 1.29 is 4.79 Å². The van der Waals surface area contributed by atoms with E-state index in [0.717, 1.165) is 11.1 Å². The van der Waals surface area contributed by atoms with Gasteiger partial charge >= 0.3 is 0 Å². The molecule has 4 heterocycles. The number of carbonyl (C=O) groups is 1. The molecule has 23 heavy (non-hydrogen) atoms. The SMILES string of the molecule is Cc1nn2ncccc2c1C(=O)NCc1[nH]nc2ncccc12. The maximum Gasteiger partial charge on any atom is 0.255 e. The van der Waals surface area contributed by atoms with Crippen molar-refractivity contribution in [2.75, 3.05) is 0 Å². The van der Waals surface area contributed by atoms with Gasteiger partial charge in [0.15, 0.2) is 5.65 Å². The Bertz CT molecular complexity index is 1020. The van der Waals surface area contributed by atoms with Gasteiger partial charge in [0.1, 0.15) is 5.52 Å². The highest BCUT2D eigenvalue weighted by Crippen LogP contribution is 2.15. The van der Waals surface area contributed by atoms with Crippen LogP contribution in [0.4, 0.5) is 0 Å². The van der Waals surface area contributed by atoms with Crippen LogP contribution in [0, 0.1) is 6.92 Å². The van der Waals surface area contributed by atoms with Gasteiger partial charge in [-0.05, 0) is 31.2 Å². The molecule has 0 fully saturated rings. The number of H-pyrrole nitrogens is 1. The zero-order chi connectivity index (χ0) is 15.8. The summed E-state index contributed by atoms with van der Waals surface area (Å²) in [5, 5.41) is 19.1. The van der Waals surface area contributed by atoms with Crippen molar-refractivity contribution in [3.63, 3.8) is 0 Å². The predicted octanol–water partition coefficient (Wildman–Crippen LogP) is 1.24. The van der Waals surface area contributed by atoms with Crippen LogP contribution in [-0.2, 0) is 6.54 Å². The van der Waals surface area contributed by atoms with Crippen molar-refractivity contribution in [1.82, 2.24) is 35.3 Å². The molecule has 114 valence electrons. The summed E-state index contributed by atoms with van der Waals surface area (Å²) in [5.74, 6) is -0.197. The zero-order valence-electron chi connectivity index (χ0n) is 12.3. The minimum Gasteiger partial charge on any atom is -0.346 e. The van der Waals surface area contributed by atoms with E-state index in [0.29, 0.717) is 29.0 Å². The lowest BCUT2D eigenvalue weighted by molar-refractivity contribution is 0.0951. The van der Waals surface area contributed by atoms with Gasteiger partial charge < -0.3 is 5.32 Å². The van der Waals surface area contributed by atoms with E-state index < -0.39 is 0 Å². The smallest absolute Gasteiger partial charge is 0.255 e. The first-order valence-corrected chi connectivity index (χ1v) is 7.11. The number of aromatic nitrogens is 6. The first-order chi connectivity index (χ1) is 11.2. The third-order valence-corrected chi connectivity index (χ3v) is 3.66. The Morgan fingerprint density at radius 3 is 3.09 bits per heavy atom. The molecule has 0 aromatic carbocycles. The van der Waals surface area contributed by atoms with Crippen LogP contribution < -0.4 is 5.32 Å². The molecule has 2 N–H and O–H groups in total. The van der Waals surface area contributed by atoms with Crippen LogP contribution in [0.5, 0.6) is 0 Å². The third kappa shape index (κ3) is 2.20. The van der Waals surface area contributed by atoms with Gasteiger partial charge in [0.25, 0.3) is 5.91 Å². The van der Waals surface area contributed by atoms with E-state index in [4.69, 9.17) is 0 Å². The van der Waals surface area contributed by atoms with E-state index in [2.05, 4.69) is 30.7 Å². The van der Waals surface area contributed by atoms with Gasteiger partial charge in [-0.25, -0.2) is 4.98 Å². The summed E-state index contributed by atoms with van der Waals surface area (Å²) in [5.41, 5.74) is 3.29. The van der Waals surface area contributed by atoms with Crippen LogP contribution in [0.2, 0.25) is 0 Å². The highest BCUT2D eigenvalue weighted by Gasteiger charge is 2.17. The number of hydrogen-bond acceptors (Lipinski definition) is 5. The maximum atomic E-state index is 12.5. The highest BCUT2D eigenvalue weighted by atomic mass is 16.1. The molecule has 4 aromatic rings. The Morgan fingerprint density at radius 1 is 1.30 bits per heavy atom. The Balaban J connectivity index is 1.61. The van der Waals surface area contributed by atoms with Crippen LogP contribution in [-0.4, -0.2) is 35.9 Å². The Hall–Kier alpha value is -3.29. The zero-order valence-corrected chi connectivity index (χ0v) is 12.3. The van der Waals surface area contributed by atoms with Crippen LogP contribution in [0.1, 0.15) is 21.7 Å². The first-order valence-electron chi connectivity index (χ1n) is 7.11. The lowest BCUT2D eigenvalue weighted by Crippen LogP contribution is -2.23. The van der Waals surface area contributed by atoms with Crippen LogP contribution in [0.15, 0.2) is 36.7 Å². The summed E-state index contributed by atoms with van der Waals surface area (Å²) in [6.07, 6.45) is 3.31. The summed E-state index contributed by atoms with van der Waals surface area (Å²) in [4.78, 5) is 16.7. The van der Waals surface area contributed by atoms with Crippen molar-refractivity contribution in [3.8, 4) is 0 Å². The molecule has 0 saturated carbocycles. The molecule has 1 amide bonds. The van der Waals surface area contributed by atoms with Crippen molar-refractivity contribution in [1.29, 1.82) is 0 Å². The van der Waals surface area contributed by atoms with Crippen molar-refractivity contribution in [2.45, 2.75) is 13.5 Å². The van der Waals surface area contributed by atoms with Gasteiger partial charge in [0.05, 0.1) is 23.5 Å². The summed E-state index contributed by atoms with van der Waals surface area (Å²) in [6.45, 7) is 2.12. The molecule has 0 saturated heterocycles. The van der Waals surface area contributed by atoms with Crippen LogP contribution in [0.3, 0.4) is 0 Å². The molecule has 8 heteroatoms. The summed E-state index contributed by atoms with van der Waals surface area (Å²) < 4.78 is 1.46. The Labute approximate surface area is 130 Å². The number of pyridine rings is 1. The van der Waals surface area contributed by atoms with Crippen molar-refractivity contribution >= 4 is 22.5 Å². The number of nitrogens with one attached hydrogen (secondary N) is 2. The van der Waals surface area contributed by atoms with E-state index >= 15 is 0 Å². The average Bonchev–Trinajstić information content (AvgIpc) is 3.12. The second-order valence-corrected chi connectivity index (χ2v) is 5.12. The van der Waals surface area contributed by atoms with Gasteiger partial charge in [-0.2, -0.15) is 19.9 Å². The van der Waals surface area contributed by atoms with Crippen molar-refractivity contribution in [3.05, 3.63) is 53.6 Å². The molecule has 0 aliphatic heterocycles. The fourth-order valence-electron chi connectivity index (χ4n) is 2.58. The molecule has 0 unspecified atom stereocenters. The molecule has 0 aliphatic rings. The lowest BCUT2D eigenvalue weighted by Gasteiger charge is -2.03. The van der Waals surface area contributed by atoms with Crippen molar-refractivity contribution in [2.24, 2.45) is 0 Å². The number of aromatic amines is 1. The van der Waals surface area contributed by atoms with Gasteiger partial charge in [-0.1, -0.05) is 0 Å². The van der Waals surface area contributed by atoms with E-state index in [-0.39, 0.29) is 5.91 Å². The average molecular weight is 307 g/mol. The van der Waals surface area contributed by atoms with Gasteiger partial charge in [-0.15, -0.1) is 0 Å². The molecule has 0 radical (unpaired) electrons. The highest BCUT2D eigenvalue weighted by molar-refractivity contribution is 6.01. The number of hydrogen-bond donors (Lipinski definition) is 2. The van der Waals surface area contributed by atoms with Gasteiger partial charge in [-0.3, -0.25) is 9.89 Å². The van der Waals surface area contributed by atoms with E-state index in [1.54, 1.807) is 25.4 Å². The van der Waals surface area contributed by atoms with Gasteiger partial charge in [0, 0.05) is 17.8 Å². The monoisotopic (exact) mass is 307 g/mol. The summed E-state index contributed by atoms with van der Waals surface area (Å²) in [7, 11) is 0. The van der Waals surface area contributed by atoms with Crippen LogP contribution in [0.25, 0.3) is 16.6 Å². The van der Waals surface area contributed by atoms with Crippen LogP contribution >= 0.6 is 0 Å². The molecular formula is C15H13N7O. The standard InChI is InChI=1S/C15H13N7O/c1-9-13(12-5-3-7-18-22(12)21-9)15(23)17-8-11-10-4-2-6-16-14(10)20-19-11/h2-7H,8H2,1H3,(H,17,23)(H,16,19,20). The molecule has 0 spiro atoms. The molecule has 8 nitrogen and oxygen atoms in total. The first kappa shape index (κ1) is 13.4. The minimum absolute atomic E-state index is 0.197. The number of fused-ring (bicyclic) bond motifs is 2. The molecule has 4 rings (SSSR count). The fraction of sp³-hybridized carbons (Fsp3) is 0.133. The molecule has 0 bridgehead atoms. The predicted molar refractivity (Wildman–Crippen MR) is 82.8 cm³/mol. The third-order valence-electron chi connectivity index (χ3n) is 3.66. The maximum absolute atomic E-state index is 12.5. The number of carbonyl (C=O) groups excluding carboxylic acids is 1. The van der Waals surface area contributed by atoms with E-state index in [9.17, 15) is 4.79 Å². The molecule has 4 aromatic heterocycles. The minimum atomic E-state index is -0.197. The van der Waals surface area contributed by atoms with E-state index in [1.165, 1.54) is 4.63 Å². The summed E-state index contributed by atoms with van der Waals surface area (Å²) >= 11 is 0. The second kappa shape index (κ2) is 5.16. The molecular weight excluding hydrogens is 294 g/mol.